The second-order valence-electron chi connectivity index (χ2n) is 9.10. The Bertz CT molecular complexity index is 976. The minimum absolute atomic E-state index is 0.101. The van der Waals surface area contributed by atoms with Crippen molar-refractivity contribution >= 4 is 11.5 Å². The van der Waals surface area contributed by atoms with Crippen molar-refractivity contribution in [2.45, 2.75) is 64.2 Å². The number of allylic oxidation sites excluding steroid dienone is 2. The van der Waals surface area contributed by atoms with Crippen molar-refractivity contribution in [1.29, 1.82) is 10.7 Å². The highest BCUT2D eigenvalue weighted by molar-refractivity contribution is 5.76. The molecule has 4 heteroatoms. The summed E-state index contributed by atoms with van der Waals surface area (Å²) in [7, 11) is 0. The second kappa shape index (κ2) is 14.1. The summed E-state index contributed by atoms with van der Waals surface area (Å²) >= 11 is 0. The fourth-order valence-corrected chi connectivity index (χ4v) is 4.54. The molecule has 2 aromatic carbocycles. The monoisotopic (exact) mass is 456 g/mol. The molecule has 1 aliphatic rings. The lowest BCUT2D eigenvalue weighted by molar-refractivity contribution is 0.259. The van der Waals surface area contributed by atoms with Gasteiger partial charge in [-0.2, -0.15) is 5.26 Å². The van der Waals surface area contributed by atoms with Gasteiger partial charge in [-0.1, -0.05) is 73.7 Å². The predicted molar refractivity (Wildman–Crippen MR) is 144 cm³/mol. The number of nitrogens with one attached hydrogen (secondary N) is 2. The first-order valence-electron chi connectivity index (χ1n) is 12.3. The van der Waals surface area contributed by atoms with Crippen molar-refractivity contribution < 1.29 is 0 Å². The Kier molecular flexibility index (Phi) is 11.1. The van der Waals surface area contributed by atoms with Crippen molar-refractivity contribution in [2.75, 3.05) is 6.54 Å². The van der Waals surface area contributed by atoms with Crippen LogP contribution >= 0.6 is 0 Å². The quantitative estimate of drug-likeness (QED) is 0.218. The summed E-state index contributed by atoms with van der Waals surface area (Å²) in [6, 6.07) is 21.9. The number of hydrogen-bond donors (Lipinski definition) is 3. The summed E-state index contributed by atoms with van der Waals surface area (Å²) in [5, 5.41) is 19.8. The fraction of sp³-hybridized carbons (Fsp3) is 0.400. The van der Waals surface area contributed by atoms with Crippen LogP contribution < -0.4 is 11.1 Å². The molecule has 1 aliphatic carbocycles. The third-order valence-corrected chi connectivity index (χ3v) is 6.59. The van der Waals surface area contributed by atoms with Crippen molar-refractivity contribution in [1.82, 2.24) is 5.32 Å². The molecule has 2 aromatic rings. The molecule has 34 heavy (non-hydrogen) atoms. The van der Waals surface area contributed by atoms with Crippen molar-refractivity contribution in [3.8, 4) is 6.07 Å². The van der Waals surface area contributed by atoms with Gasteiger partial charge in [0.05, 0.1) is 11.9 Å². The van der Waals surface area contributed by atoms with Crippen molar-refractivity contribution in [3.63, 3.8) is 0 Å². The lowest BCUT2D eigenvalue weighted by atomic mass is 9.66. The number of amidine groups is 1. The van der Waals surface area contributed by atoms with E-state index in [-0.39, 0.29) is 17.2 Å². The summed E-state index contributed by atoms with van der Waals surface area (Å²) in [6.07, 6.45) is 10.6. The molecule has 3 rings (SSSR count). The third kappa shape index (κ3) is 7.92. The summed E-state index contributed by atoms with van der Waals surface area (Å²) < 4.78 is 0. The van der Waals surface area contributed by atoms with Gasteiger partial charge in [-0.3, -0.25) is 5.41 Å². The SMILES string of the molecule is C=CCCC(=N)N.CC/C=C(\NCC1(c2ccccc2)CCC(C#N)CC1)c1ccccc1C. The van der Waals surface area contributed by atoms with E-state index in [1.807, 2.05) is 0 Å². The van der Waals surface area contributed by atoms with E-state index in [0.29, 0.717) is 6.42 Å². The molecule has 1 saturated carbocycles. The molecule has 0 aromatic heterocycles. The predicted octanol–water partition coefficient (Wildman–Crippen LogP) is 6.88. The van der Waals surface area contributed by atoms with Gasteiger partial charge in [-0.05, 0) is 56.6 Å². The lowest BCUT2D eigenvalue weighted by Gasteiger charge is -2.40. The van der Waals surface area contributed by atoms with Crippen LogP contribution in [0.4, 0.5) is 0 Å². The molecular weight excluding hydrogens is 416 g/mol. The Morgan fingerprint density at radius 3 is 2.35 bits per heavy atom. The van der Waals surface area contributed by atoms with Crippen LogP contribution in [-0.2, 0) is 5.41 Å². The summed E-state index contributed by atoms with van der Waals surface area (Å²) in [6.45, 7) is 8.75. The Labute approximate surface area is 206 Å². The van der Waals surface area contributed by atoms with Crippen LogP contribution in [0.25, 0.3) is 5.70 Å². The number of hydrogen-bond acceptors (Lipinski definition) is 3. The normalized spacial score (nSPS) is 19.8. The number of aryl methyl sites for hydroxylation is 1. The molecule has 180 valence electrons. The molecule has 0 unspecified atom stereocenters. The molecule has 4 N–H and O–H groups in total. The average Bonchev–Trinajstić information content (AvgIpc) is 2.87. The van der Waals surface area contributed by atoms with E-state index in [2.05, 4.69) is 92.5 Å². The molecule has 0 aliphatic heterocycles. The number of rotatable bonds is 9. The third-order valence-electron chi connectivity index (χ3n) is 6.59. The van der Waals surface area contributed by atoms with E-state index in [9.17, 15) is 5.26 Å². The molecule has 0 amide bonds. The minimum Gasteiger partial charge on any atom is -0.388 e. The first-order chi connectivity index (χ1) is 16.5. The maximum Gasteiger partial charge on any atom is 0.0908 e. The van der Waals surface area contributed by atoms with Crippen LogP contribution in [0.5, 0.6) is 0 Å². The summed E-state index contributed by atoms with van der Waals surface area (Å²) in [5.41, 5.74) is 10.3. The molecule has 0 radical (unpaired) electrons. The van der Waals surface area contributed by atoms with Gasteiger partial charge in [0.25, 0.3) is 0 Å². The summed E-state index contributed by atoms with van der Waals surface area (Å²) in [4.78, 5) is 0. The van der Waals surface area contributed by atoms with Crippen LogP contribution in [-0.4, -0.2) is 12.4 Å². The average molecular weight is 457 g/mol. The van der Waals surface area contributed by atoms with E-state index < -0.39 is 0 Å². The molecule has 4 nitrogen and oxygen atoms in total. The van der Waals surface area contributed by atoms with Gasteiger partial charge in [0.1, 0.15) is 0 Å². The van der Waals surface area contributed by atoms with Crippen molar-refractivity contribution in [2.24, 2.45) is 11.7 Å². The maximum absolute atomic E-state index is 9.32. The highest BCUT2D eigenvalue weighted by Gasteiger charge is 2.37. The Morgan fingerprint density at radius 2 is 1.82 bits per heavy atom. The number of nitrogens with two attached hydrogens (primary N) is 1. The van der Waals surface area contributed by atoms with E-state index >= 15 is 0 Å². The van der Waals surface area contributed by atoms with Crippen LogP contribution in [0, 0.1) is 29.6 Å². The fourth-order valence-electron chi connectivity index (χ4n) is 4.54. The van der Waals surface area contributed by atoms with E-state index in [1.54, 1.807) is 6.08 Å². The van der Waals surface area contributed by atoms with Crippen LogP contribution in [0.2, 0.25) is 0 Å². The van der Waals surface area contributed by atoms with Gasteiger partial charge in [-0.15, -0.1) is 6.58 Å². The van der Waals surface area contributed by atoms with Gasteiger partial charge >= 0.3 is 0 Å². The van der Waals surface area contributed by atoms with Crippen LogP contribution in [0.3, 0.4) is 0 Å². The minimum atomic E-state index is 0.101. The zero-order valence-corrected chi connectivity index (χ0v) is 20.8. The molecule has 0 atom stereocenters. The highest BCUT2D eigenvalue weighted by Crippen LogP contribution is 2.41. The molecule has 1 fully saturated rings. The van der Waals surface area contributed by atoms with Crippen LogP contribution in [0.15, 0.2) is 73.3 Å². The van der Waals surface area contributed by atoms with E-state index in [4.69, 9.17) is 11.1 Å². The first kappa shape index (κ1) is 26.9. The number of nitriles is 1. The summed E-state index contributed by atoms with van der Waals surface area (Å²) in [5.74, 6) is 0.448. The molecular formula is C30H40N4. The van der Waals surface area contributed by atoms with Crippen LogP contribution in [0.1, 0.15) is 68.6 Å². The maximum atomic E-state index is 9.32. The molecule has 0 spiro atoms. The molecule has 0 saturated heterocycles. The van der Waals surface area contributed by atoms with Gasteiger partial charge in [0, 0.05) is 35.6 Å². The smallest absolute Gasteiger partial charge is 0.0908 e. The van der Waals surface area contributed by atoms with Gasteiger partial charge in [0.2, 0.25) is 0 Å². The zero-order valence-electron chi connectivity index (χ0n) is 20.8. The van der Waals surface area contributed by atoms with Gasteiger partial charge in [0.15, 0.2) is 0 Å². The largest absolute Gasteiger partial charge is 0.388 e. The highest BCUT2D eigenvalue weighted by atomic mass is 14.9. The van der Waals surface area contributed by atoms with Crippen molar-refractivity contribution in [3.05, 3.63) is 90.0 Å². The Morgan fingerprint density at radius 1 is 1.18 bits per heavy atom. The van der Waals surface area contributed by atoms with E-state index in [1.165, 1.54) is 22.4 Å². The zero-order chi connectivity index (χ0) is 24.8. The lowest BCUT2D eigenvalue weighted by Crippen LogP contribution is -2.40. The topological polar surface area (TPSA) is 85.7 Å². The number of nitrogens with zero attached hydrogens (tertiary/aromatic N) is 1. The first-order valence-corrected chi connectivity index (χ1v) is 12.3. The van der Waals surface area contributed by atoms with Gasteiger partial charge in [-0.25, -0.2) is 0 Å². The van der Waals surface area contributed by atoms with E-state index in [0.717, 1.165) is 45.1 Å². The number of benzene rings is 2. The molecule has 0 bridgehead atoms. The van der Waals surface area contributed by atoms with Gasteiger partial charge < -0.3 is 11.1 Å². The Hall–Kier alpha value is -3.32. The second-order valence-corrected chi connectivity index (χ2v) is 9.10. The molecule has 0 heterocycles. The Balaban J connectivity index is 0.000000509. The standard InChI is InChI=1S/C25H30N2.C5H10N2/c1-3-9-24(23-13-8-7-10-20(23)2)27-19-25(22-11-5-4-6-12-22)16-14-21(18-26)15-17-25;1-2-3-4-5(6)7/h4-13,21,27H,3,14-17,19H2,1-2H3;2H,1,3-4H2,(H3,6,7)/b24-9-;.